The summed E-state index contributed by atoms with van der Waals surface area (Å²) in [5, 5.41) is 26.6. The van der Waals surface area contributed by atoms with Crippen molar-refractivity contribution in [3.63, 3.8) is 0 Å². The van der Waals surface area contributed by atoms with Crippen molar-refractivity contribution in [1.82, 2.24) is 0 Å². The van der Waals surface area contributed by atoms with Crippen molar-refractivity contribution < 1.29 is 19.8 Å². The summed E-state index contributed by atoms with van der Waals surface area (Å²) in [7, 11) is 0. The lowest BCUT2D eigenvalue weighted by atomic mass is 9.88. The Hall–Kier alpha value is -1.61. The fraction of sp³-hybridized carbons (Fsp3) is 0.667. The first-order valence-corrected chi connectivity index (χ1v) is 4.58. The first-order valence-electron chi connectivity index (χ1n) is 4.58. The Labute approximate surface area is 85.3 Å². The van der Waals surface area contributed by atoms with E-state index >= 15 is 0 Å². The normalized spacial score (nSPS) is 46.7. The number of aliphatic carboxylic acids is 2. The second kappa shape index (κ2) is 2.70. The monoisotopic (exact) mass is 210 g/mol. The highest BCUT2D eigenvalue weighted by Crippen LogP contribution is 2.64. The zero-order valence-electron chi connectivity index (χ0n) is 7.75. The third-order valence-corrected chi connectivity index (χ3v) is 3.54. The van der Waals surface area contributed by atoms with Crippen LogP contribution < -0.4 is 5.73 Å². The fourth-order valence-corrected chi connectivity index (χ4v) is 2.81. The second-order valence-electron chi connectivity index (χ2n) is 4.25. The van der Waals surface area contributed by atoms with Gasteiger partial charge in [0.2, 0.25) is 0 Å². The van der Waals surface area contributed by atoms with Gasteiger partial charge in [0.15, 0.2) is 0 Å². The van der Waals surface area contributed by atoms with E-state index in [1.807, 2.05) is 6.07 Å². The highest BCUT2D eigenvalue weighted by Gasteiger charge is 2.74. The van der Waals surface area contributed by atoms with Gasteiger partial charge in [0.1, 0.15) is 5.54 Å². The summed E-state index contributed by atoms with van der Waals surface area (Å²) >= 11 is 0. The number of hydrogen-bond donors (Lipinski definition) is 3. The van der Waals surface area contributed by atoms with E-state index in [-0.39, 0.29) is 12.3 Å². The maximum Gasteiger partial charge on any atom is 0.324 e. The van der Waals surface area contributed by atoms with Crippen LogP contribution in [-0.4, -0.2) is 27.7 Å². The zero-order chi connectivity index (χ0) is 11.4. The van der Waals surface area contributed by atoms with E-state index in [9.17, 15) is 9.59 Å². The molecule has 4 N–H and O–H groups in total. The van der Waals surface area contributed by atoms with Crippen molar-refractivity contribution >= 4 is 11.9 Å². The van der Waals surface area contributed by atoms with E-state index in [1.165, 1.54) is 0 Å². The lowest BCUT2D eigenvalue weighted by Gasteiger charge is -2.22. The van der Waals surface area contributed by atoms with Gasteiger partial charge in [-0.1, -0.05) is 0 Å². The summed E-state index contributed by atoms with van der Waals surface area (Å²) in [5.74, 6) is -4.53. The van der Waals surface area contributed by atoms with Gasteiger partial charge in [-0.3, -0.25) is 9.59 Å². The van der Waals surface area contributed by atoms with E-state index in [2.05, 4.69) is 0 Å². The average Bonchev–Trinajstić information content (AvgIpc) is 2.82. The molecule has 0 spiro atoms. The average molecular weight is 210 g/mol. The van der Waals surface area contributed by atoms with Crippen LogP contribution >= 0.6 is 0 Å². The van der Waals surface area contributed by atoms with Crippen molar-refractivity contribution in [3.8, 4) is 6.07 Å². The van der Waals surface area contributed by atoms with Gasteiger partial charge in [-0.2, -0.15) is 5.26 Å². The highest BCUT2D eigenvalue weighted by atomic mass is 16.4. The third-order valence-electron chi connectivity index (χ3n) is 3.54. The molecule has 6 nitrogen and oxygen atoms in total. The Kier molecular flexibility index (Phi) is 1.79. The largest absolute Gasteiger partial charge is 0.481 e. The Morgan fingerprint density at radius 3 is 2.47 bits per heavy atom. The number of nitrogens with zero attached hydrogens (tertiary/aromatic N) is 1. The number of carbonyl (C=O) groups is 2. The highest BCUT2D eigenvalue weighted by molar-refractivity contribution is 5.85. The van der Waals surface area contributed by atoms with Crippen LogP contribution in [0, 0.1) is 35.0 Å². The van der Waals surface area contributed by atoms with Gasteiger partial charge in [-0.25, -0.2) is 0 Å². The van der Waals surface area contributed by atoms with Crippen molar-refractivity contribution in [2.75, 3.05) is 0 Å². The predicted molar refractivity (Wildman–Crippen MR) is 46.4 cm³/mol. The molecule has 80 valence electrons. The lowest BCUT2D eigenvalue weighted by Crippen LogP contribution is -2.50. The number of fused-ring (bicyclic) bond motifs is 1. The van der Waals surface area contributed by atoms with Crippen LogP contribution in [0.4, 0.5) is 0 Å². The lowest BCUT2D eigenvalue weighted by molar-refractivity contribution is -0.145. The summed E-state index contributed by atoms with van der Waals surface area (Å²) in [6.45, 7) is 0. The molecule has 6 heteroatoms. The van der Waals surface area contributed by atoms with Crippen LogP contribution in [0.1, 0.15) is 6.42 Å². The van der Waals surface area contributed by atoms with Crippen LogP contribution in [0.25, 0.3) is 0 Å². The van der Waals surface area contributed by atoms with Gasteiger partial charge >= 0.3 is 11.9 Å². The predicted octanol–water partition coefficient (Wildman–Crippen LogP) is -0.741. The van der Waals surface area contributed by atoms with Crippen LogP contribution in [0.5, 0.6) is 0 Å². The maximum absolute atomic E-state index is 11.0. The first-order chi connectivity index (χ1) is 6.93. The molecule has 2 saturated carbocycles. The second-order valence-corrected chi connectivity index (χ2v) is 4.25. The molecule has 0 unspecified atom stereocenters. The fourth-order valence-electron chi connectivity index (χ4n) is 2.81. The van der Waals surface area contributed by atoms with Crippen molar-refractivity contribution in [3.05, 3.63) is 0 Å². The van der Waals surface area contributed by atoms with Gasteiger partial charge < -0.3 is 15.9 Å². The van der Waals surface area contributed by atoms with Crippen LogP contribution in [0.2, 0.25) is 0 Å². The molecule has 0 bridgehead atoms. The number of rotatable bonds is 2. The third kappa shape index (κ3) is 1.07. The Bertz CT molecular complexity index is 388. The Morgan fingerprint density at radius 2 is 2.07 bits per heavy atom. The van der Waals surface area contributed by atoms with Crippen LogP contribution in [0.15, 0.2) is 0 Å². The van der Waals surface area contributed by atoms with E-state index in [0.29, 0.717) is 0 Å². The minimum atomic E-state index is -1.53. The molecule has 0 saturated heterocycles. The number of hydrogen-bond acceptors (Lipinski definition) is 4. The molecule has 5 atom stereocenters. The summed E-state index contributed by atoms with van der Waals surface area (Å²) < 4.78 is 0. The van der Waals surface area contributed by atoms with Crippen molar-refractivity contribution in [2.24, 2.45) is 29.4 Å². The zero-order valence-corrected chi connectivity index (χ0v) is 7.75. The van der Waals surface area contributed by atoms with Crippen molar-refractivity contribution in [1.29, 1.82) is 5.26 Å². The molecular formula is C9H10N2O4. The summed E-state index contributed by atoms with van der Waals surface area (Å²) in [5.41, 5.74) is 4.13. The van der Waals surface area contributed by atoms with Crippen molar-refractivity contribution in [2.45, 2.75) is 12.0 Å². The number of carboxylic acid groups (broad SMARTS) is 2. The topological polar surface area (TPSA) is 124 Å². The molecular weight excluding hydrogens is 200 g/mol. The number of nitrogens with two attached hydrogens (primary N) is 1. The summed E-state index contributed by atoms with van der Waals surface area (Å²) in [4.78, 5) is 21.8. The van der Waals surface area contributed by atoms with E-state index in [0.717, 1.165) is 0 Å². The molecule has 0 amide bonds. The molecule has 0 radical (unpaired) electrons. The number of nitriles is 1. The molecule has 2 fully saturated rings. The van der Waals surface area contributed by atoms with Gasteiger partial charge in [0.25, 0.3) is 0 Å². The van der Waals surface area contributed by atoms with Gasteiger partial charge in [-0.15, -0.1) is 0 Å². The quantitative estimate of drug-likeness (QED) is 0.551. The minimum absolute atomic E-state index is 0.0535. The first kappa shape index (κ1) is 9.93. The smallest absolute Gasteiger partial charge is 0.324 e. The molecule has 2 aliphatic rings. The molecule has 2 aliphatic carbocycles. The maximum atomic E-state index is 11.0. The summed E-state index contributed by atoms with van der Waals surface area (Å²) in [6, 6.07) is 1.94. The van der Waals surface area contributed by atoms with Crippen LogP contribution in [0.3, 0.4) is 0 Å². The van der Waals surface area contributed by atoms with E-state index < -0.39 is 35.2 Å². The number of carboxylic acids is 2. The molecule has 0 aliphatic heterocycles. The van der Waals surface area contributed by atoms with Gasteiger partial charge in [0, 0.05) is 5.92 Å². The van der Waals surface area contributed by atoms with Gasteiger partial charge in [-0.05, 0) is 12.3 Å². The standard InChI is InChI=1S/C9H10N2O4/c10-2-3-1-9(11,8(14)15)6-4(3)5(6)7(12)13/h3-6H,1,11H2,(H,12,13)(H,14,15)/t3-,4-,5-,6-,9-/m0/s1. The molecule has 0 aromatic heterocycles. The molecule has 0 heterocycles. The SMILES string of the molecule is N#C[C@@H]1C[C@@](N)(C(=O)O)[C@@H]2[C@@H](C(=O)O)[C@@H]21. The molecule has 0 aromatic rings. The molecule has 2 rings (SSSR count). The summed E-state index contributed by atoms with van der Waals surface area (Å²) in [6.07, 6.45) is 0.0535. The van der Waals surface area contributed by atoms with Gasteiger partial charge in [0.05, 0.1) is 17.9 Å². The molecule has 0 aromatic carbocycles. The van der Waals surface area contributed by atoms with E-state index in [4.69, 9.17) is 21.2 Å². The Balaban J connectivity index is 2.31. The molecule has 15 heavy (non-hydrogen) atoms. The Morgan fingerprint density at radius 1 is 1.47 bits per heavy atom. The minimum Gasteiger partial charge on any atom is -0.481 e. The van der Waals surface area contributed by atoms with Crippen LogP contribution in [-0.2, 0) is 9.59 Å². The van der Waals surface area contributed by atoms with E-state index in [1.54, 1.807) is 0 Å².